The molecule has 19 heavy (non-hydrogen) atoms. The Labute approximate surface area is 114 Å². The van der Waals surface area contributed by atoms with Gasteiger partial charge in [-0.15, -0.1) is 0 Å². The Morgan fingerprint density at radius 1 is 1.05 bits per heavy atom. The molecule has 1 aromatic rings. The van der Waals surface area contributed by atoms with Gasteiger partial charge < -0.3 is 9.47 Å². The highest BCUT2D eigenvalue weighted by atomic mass is 19.1. The van der Waals surface area contributed by atoms with Gasteiger partial charge in [-0.2, -0.15) is 0 Å². The topological polar surface area (TPSA) is 18.5 Å². The number of ether oxygens (including phenoxy) is 2. The van der Waals surface area contributed by atoms with E-state index in [2.05, 4.69) is 0 Å². The van der Waals surface area contributed by atoms with E-state index in [1.165, 1.54) is 17.7 Å². The van der Waals surface area contributed by atoms with Crippen LogP contribution in [0.5, 0.6) is 0 Å². The minimum Gasteiger partial charge on any atom is -0.381 e. The Morgan fingerprint density at radius 3 is 2.32 bits per heavy atom. The predicted octanol–water partition coefficient (Wildman–Crippen LogP) is 3.73. The summed E-state index contributed by atoms with van der Waals surface area (Å²) in [6, 6.07) is 6.72. The Kier molecular flexibility index (Phi) is 5.80. The Morgan fingerprint density at radius 2 is 1.68 bits per heavy atom. The molecule has 0 saturated heterocycles. The molecule has 0 N–H and O–H groups in total. The first-order valence-electron chi connectivity index (χ1n) is 7.17. The van der Waals surface area contributed by atoms with Gasteiger partial charge in [-0.3, -0.25) is 0 Å². The number of hydrogen-bond acceptors (Lipinski definition) is 2. The number of methoxy groups -OCH3 is 1. The van der Waals surface area contributed by atoms with E-state index in [1.54, 1.807) is 7.11 Å². The molecule has 2 rings (SSSR count). The van der Waals surface area contributed by atoms with Crippen LogP contribution in [0.3, 0.4) is 0 Å². The molecule has 0 unspecified atom stereocenters. The van der Waals surface area contributed by atoms with Crippen LogP contribution in [-0.4, -0.2) is 25.9 Å². The van der Waals surface area contributed by atoms with Crippen LogP contribution in [0, 0.1) is 5.82 Å². The van der Waals surface area contributed by atoms with Gasteiger partial charge in [0.15, 0.2) is 0 Å². The van der Waals surface area contributed by atoms with E-state index in [0.29, 0.717) is 12.2 Å². The Hall–Kier alpha value is -0.930. The highest BCUT2D eigenvalue weighted by Crippen LogP contribution is 2.23. The van der Waals surface area contributed by atoms with Gasteiger partial charge in [0.25, 0.3) is 0 Å². The zero-order valence-corrected chi connectivity index (χ0v) is 11.6. The van der Waals surface area contributed by atoms with Crippen molar-refractivity contribution in [2.75, 3.05) is 13.7 Å². The lowest BCUT2D eigenvalue weighted by Crippen LogP contribution is -2.26. The fraction of sp³-hybridized carbons (Fsp3) is 0.625. The van der Waals surface area contributed by atoms with Crippen molar-refractivity contribution in [2.45, 2.75) is 50.7 Å². The number of hydrogen-bond donors (Lipinski definition) is 0. The van der Waals surface area contributed by atoms with Crippen molar-refractivity contribution in [3.8, 4) is 0 Å². The molecule has 0 radical (unpaired) electrons. The molecule has 1 aliphatic rings. The van der Waals surface area contributed by atoms with E-state index in [9.17, 15) is 4.39 Å². The van der Waals surface area contributed by atoms with Crippen LogP contribution >= 0.6 is 0 Å². The minimum atomic E-state index is -0.171. The lowest BCUT2D eigenvalue weighted by atomic mass is 9.95. The summed E-state index contributed by atoms with van der Waals surface area (Å²) in [5, 5.41) is 0. The van der Waals surface area contributed by atoms with Crippen molar-refractivity contribution in [3.63, 3.8) is 0 Å². The van der Waals surface area contributed by atoms with Crippen LogP contribution in [0.4, 0.5) is 4.39 Å². The molecule has 0 atom stereocenters. The lowest BCUT2D eigenvalue weighted by Gasteiger charge is -2.27. The van der Waals surface area contributed by atoms with E-state index in [4.69, 9.17) is 9.47 Å². The molecule has 0 heterocycles. The minimum absolute atomic E-state index is 0.171. The number of aryl methyl sites for hydroxylation is 1. The molecule has 0 bridgehead atoms. The summed E-state index contributed by atoms with van der Waals surface area (Å²) in [5.41, 5.74) is 1.17. The van der Waals surface area contributed by atoms with Crippen LogP contribution in [0.25, 0.3) is 0 Å². The van der Waals surface area contributed by atoms with Gasteiger partial charge in [-0.05, 0) is 56.2 Å². The maximum absolute atomic E-state index is 12.7. The van der Waals surface area contributed by atoms with Gasteiger partial charge >= 0.3 is 0 Å². The maximum Gasteiger partial charge on any atom is 0.123 e. The molecule has 2 nitrogen and oxygen atoms in total. The van der Waals surface area contributed by atoms with Crippen LogP contribution in [0.2, 0.25) is 0 Å². The Bertz CT molecular complexity index is 356. The van der Waals surface area contributed by atoms with E-state index < -0.39 is 0 Å². The summed E-state index contributed by atoms with van der Waals surface area (Å²) in [4.78, 5) is 0. The number of benzene rings is 1. The van der Waals surface area contributed by atoms with Gasteiger partial charge in [-0.1, -0.05) is 12.1 Å². The number of rotatable bonds is 6. The van der Waals surface area contributed by atoms with Gasteiger partial charge in [-0.25, -0.2) is 4.39 Å². The summed E-state index contributed by atoms with van der Waals surface area (Å²) in [6.45, 7) is 0.791. The summed E-state index contributed by atoms with van der Waals surface area (Å²) in [7, 11) is 1.79. The van der Waals surface area contributed by atoms with E-state index in [1.807, 2.05) is 12.1 Å². The van der Waals surface area contributed by atoms with E-state index >= 15 is 0 Å². The van der Waals surface area contributed by atoms with Crippen molar-refractivity contribution in [1.29, 1.82) is 0 Å². The molecule has 3 heteroatoms. The second kappa shape index (κ2) is 7.61. The van der Waals surface area contributed by atoms with Gasteiger partial charge in [0.2, 0.25) is 0 Å². The summed E-state index contributed by atoms with van der Waals surface area (Å²) in [6.07, 6.45) is 7.21. The molecule has 0 amide bonds. The quantitative estimate of drug-likeness (QED) is 0.730. The van der Waals surface area contributed by atoms with E-state index in [0.717, 1.165) is 45.1 Å². The normalized spacial score (nSPS) is 23.5. The molecule has 106 valence electrons. The maximum atomic E-state index is 12.7. The van der Waals surface area contributed by atoms with Crippen LogP contribution in [0.15, 0.2) is 24.3 Å². The fourth-order valence-electron chi connectivity index (χ4n) is 2.61. The Balaban J connectivity index is 1.58. The van der Waals surface area contributed by atoms with Crippen LogP contribution in [0.1, 0.15) is 37.7 Å². The lowest BCUT2D eigenvalue weighted by molar-refractivity contribution is -0.0168. The average molecular weight is 266 g/mol. The molecule has 0 aromatic heterocycles. The first kappa shape index (κ1) is 14.5. The molecule has 1 fully saturated rings. The second-order valence-corrected chi connectivity index (χ2v) is 5.24. The van der Waals surface area contributed by atoms with E-state index in [-0.39, 0.29) is 5.82 Å². The average Bonchev–Trinajstić information content (AvgIpc) is 2.46. The SMILES string of the molecule is COC1CCC(OCCCc2ccc(F)cc2)CC1. The standard InChI is InChI=1S/C16H23FO2/c1-18-15-8-10-16(11-9-15)19-12-2-3-13-4-6-14(17)7-5-13/h4-7,15-16H,2-3,8-12H2,1H3. The first-order chi connectivity index (χ1) is 9.28. The zero-order valence-electron chi connectivity index (χ0n) is 11.6. The largest absolute Gasteiger partial charge is 0.381 e. The second-order valence-electron chi connectivity index (χ2n) is 5.24. The monoisotopic (exact) mass is 266 g/mol. The van der Waals surface area contributed by atoms with Crippen molar-refractivity contribution in [2.24, 2.45) is 0 Å². The molecule has 0 spiro atoms. The fourth-order valence-corrected chi connectivity index (χ4v) is 2.61. The smallest absolute Gasteiger partial charge is 0.123 e. The zero-order chi connectivity index (χ0) is 13.5. The molecular formula is C16H23FO2. The molecule has 0 aliphatic heterocycles. The van der Waals surface area contributed by atoms with Crippen LogP contribution in [-0.2, 0) is 15.9 Å². The predicted molar refractivity (Wildman–Crippen MR) is 73.7 cm³/mol. The third kappa shape index (κ3) is 4.92. The molecule has 1 saturated carbocycles. The summed E-state index contributed by atoms with van der Waals surface area (Å²) in [5.74, 6) is -0.171. The van der Waals surface area contributed by atoms with Crippen molar-refractivity contribution >= 4 is 0 Å². The van der Waals surface area contributed by atoms with Gasteiger partial charge in [0, 0.05) is 13.7 Å². The van der Waals surface area contributed by atoms with Crippen LogP contribution < -0.4 is 0 Å². The van der Waals surface area contributed by atoms with Crippen molar-refractivity contribution in [3.05, 3.63) is 35.6 Å². The number of halogens is 1. The van der Waals surface area contributed by atoms with Gasteiger partial charge in [0.05, 0.1) is 12.2 Å². The molecule has 1 aliphatic carbocycles. The first-order valence-corrected chi connectivity index (χ1v) is 7.17. The highest BCUT2D eigenvalue weighted by Gasteiger charge is 2.20. The summed E-state index contributed by atoms with van der Waals surface area (Å²) >= 11 is 0. The van der Waals surface area contributed by atoms with Crippen molar-refractivity contribution < 1.29 is 13.9 Å². The third-order valence-electron chi connectivity index (χ3n) is 3.83. The molecule has 1 aromatic carbocycles. The summed E-state index contributed by atoms with van der Waals surface area (Å²) < 4.78 is 24.0. The third-order valence-corrected chi connectivity index (χ3v) is 3.83. The van der Waals surface area contributed by atoms with Crippen molar-refractivity contribution in [1.82, 2.24) is 0 Å². The van der Waals surface area contributed by atoms with Gasteiger partial charge in [0.1, 0.15) is 5.82 Å². The highest BCUT2D eigenvalue weighted by molar-refractivity contribution is 5.15. The molecular weight excluding hydrogens is 243 g/mol.